The van der Waals surface area contributed by atoms with Crippen LogP contribution in [0.2, 0.25) is 0 Å². The summed E-state index contributed by atoms with van der Waals surface area (Å²) in [5.41, 5.74) is 0. The lowest BCUT2D eigenvalue weighted by Crippen LogP contribution is -2.47. The molecule has 118 valence electrons. The predicted octanol–water partition coefficient (Wildman–Crippen LogP) is 1.12. The van der Waals surface area contributed by atoms with Gasteiger partial charge in [-0.2, -0.15) is 0 Å². The maximum absolute atomic E-state index is 10.1. The molecule has 0 aromatic heterocycles. The van der Waals surface area contributed by atoms with E-state index >= 15 is 0 Å². The molecule has 2 N–H and O–H groups in total. The van der Waals surface area contributed by atoms with Gasteiger partial charge < -0.3 is 19.9 Å². The van der Waals surface area contributed by atoms with Crippen molar-refractivity contribution in [1.82, 2.24) is 10.2 Å². The number of rotatable bonds is 7. The minimum atomic E-state index is -0.491. The van der Waals surface area contributed by atoms with Gasteiger partial charge in [-0.1, -0.05) is 12.1 Å². The van der Waals surface area contributed by atoms with E-state index < -0.39 is 6.10 Å². The zero-order valence-corrected chi connectivity index (χ0v) is 12.9. The fourth-order valence-corrected chi connectivity index (χ4v) is 2.35. The third kappa shape index (κ3) is 5.53. The molecule has 0 aliphatic carbocycles. The fraction of sp³-hybridized carbons (Fsp3) is 0.625. The highest BCUT2D eigenvalue weighted by atomic mass is 16.5. The van der Waals surface area contributed by atoms with E-state index in [2.05, 4.69) is 10.2 Å². The molecule has 1 aromatic rings. The first-order valence-electron chi connectivity index (χ1n) is 7.65. The van der Waals surface area contributed by atoms with Crippen molar-refractivity contribution in [2.75, 3.05) is 39.3 Å². The van der Waals surface area contributed by atoms with Crippen molar-refractivity contribution >= 4 is 0 Å². The molecule has 1 atom stereocenters. The summed E-state index contributed by atoms with van der Waals surface area (Å²) in [4.78, 5) is 2.25. The van der Waals surface area contributed by atoms with Gasteiger partial charge in [0.1, 0.15) is 12.7 Å². The highest BCUT2D eigenvalue weighted by Crippen LogP contribution is 2.27. The number of hydrogen-bond donors (Lipinski definition) is 2. The molecule has 1 aliphatic heterocycles. The molecule has 1 saturated heterocycles. The molecule has 0 saturated carbocycles. The first-order valence-corrected chi connectivity index (χ1v) is 7.65. The van der Waals surface area contributed by atoms with Crippen LogP contribution in [0.5, 0.6) is 11.5 Å². The fourth-order valence-electron chi connectivity index (χ4n) is 2.35. The van der Waals surface area contributed by atoms with Gasteiger partial charge in [0.25, 0.3) is 0 Å². The number of ether oxygens (including phenoxy) is 2. The van der Waals surface area contributed by atoms with Gasteiger partial charge in [0, 0.05) is 32.7 Å². The molecular formula is C16H26N2O3. The van der Waals surface area contributed by atoms with Crippen LogP contribution in [0.15, 0.2) is 24.3 Å². The van der Waals surface area contributed by atoms with Crippen LogP contribution < -0.4 is 14.8 Å². The summed E-state index contributed by atoms with van der Waals surface area (Å²) in [6.45, 7) is 8.81. The molecule has 1 aliphatic rings. The van der Waals surface area contributed by atoms with Crippen molar-refractivity contribution in [2.45, 2.75) is 26.1 Å². The third-order valence-corrected chi connectivity index (χ3v) is 3.32. The predicted molar refractivity (Wildman–Crippen MR) is 83.0 cm³/mol. The summed E-state index contributed by atoms with van der Waals surface area (Å²) in [6, 6.07) is 7.58. The molecule has 1 unspecified atom stereocenters. The molecule has 5 nitrogen and oxygen atoms in total. The molecule has 1 fully saturated rings. The Morgan fingerprint density at radius 2 is 1.86 bits per heavy atom. The summed E-state index contributed by atoms with van der Waals surface area (Å²) >= 11 is 0. The SMILES string of the molecule is CC(C)Oc1ccccc1OCC(O)CN1CCNCC1. The number of nitrogens with one attached hydrogen (secondary N) is 1. The van der Waals surface area contributed by atoms with Crippen LogP contribution in [-0.2, 0) is 0 Å². The van der Waals surface area contributed by atoms with Gasteiger partial charge in [0.15, 0.2) is 11.5 Å². The minimum Gasteiger partial charge on any atom is -0.487 e. The molecule has 0 radical (unpaired) electrons. The number of β-amino-alcohol motifs (C(OH)–C–C–N with tert-alkyl or cyclic N) is 1. The Hall–Kier alpha value is -1.30. The second-order valence-electron chi connectivity index (χ2n) is 5.63. The molecule has 1 aromatic carbocycles. The Morgan fingerprint density at radius 1 is 1.19 bits per heavy atom. The third-order valence-electron chi connectivity index (χ3n) is 3.32. The largest absolute Gasteiger partial charge is 0.487 e. The number of nitrogens with zero attached hydrogens (tertiary/aromatic N) is 1. The Balaban J connectivity index is 1.81. The Bertz CT molecular complexity index is 420. The quantitative estimate of drug-likeness (QED) is 0.789. The monoisotopic (exact) mass is 294 g/mol. The summed E-state index contributed by atoms with van der Waals surface area (Å²) in [5, 5.41) is 13.4. The number of benzene rings is 1. The maximum atomic E-state index is 10.1. The molecule has 2 rings (SSSR count). The van der Waals surface area contributed by atoms with E-state index in [1.54, 1.807) is 0 Å². The van der Waals surface area contributed by atoms with Crippen LogP contribution in [0.25, 0.3) is 0 Å². The zero-order chi connectivity index (χ0) is 15.1. The van der Waals surface area contributed by atoms with Crippen molar-refractivity contribution in [3.63, 3.8) is 0 Å². The number of para-hydroxylation sites is 2. The summed E-state index contributed by atoms with van der Waals surface area (Å²) < 4.78 is 11.4. The zero-order valence-electron chi connectivity index (χ0n) is 12.9. The molecule has 5 heteroatoms. The van der Waals surface area contributed by atoms with Gasteiger partial charge in [0.05, 0.1) is 6.10 Å². The van der Waals surface area contributed by atoms with Crippen molar-refractivity contribution in [1.29, 1.82) is 0 Å². The second-order valence-corrected chi connectivity index (χ2v) is 5.63. The average molecular weight is 294 g/mol. The number of piperazine rings is 1. The van der Waals surface area contributed by atoms with E-state index in [9.17, 15) is 5.11 Å². The lowest BCUT2D eigenvalue weighted by Gasteiger charge is -2.29. The summed E-state index contributed by atoms with van der Waals surface area (Å²) in [6.07, 6.45) is -0.393. The smallest absolute Gasteiger partial charge is 0.161 e. The van der Waals surface area contributed by atoms with Crippen molar-refractivity contribution in [3.8, 4) is 11.5 Å². The van der Waals surface area contributed by atoms with Crippen LogP contribution >= 0.6 is 0 Å². The Kier molecular flexibility index (Phi) is 6.29. The van der Waals surface area contributed by atoms with E-state index in [0.717, 1.165) is 31.9 Å². The van der Waals surface area contributed by atoms with Crippen LogP contribution in [-0.4, -0.2) is 61.5 Å². The van der Waals surface area contributed by atoms with E-state index in [-0.39, 0.29) is 12.7 Å². The summed E-state index contributed by atoms with van der Waals surface area (Å²) in [7, 11) is 0. The van der Waals surface area contributed by atoms with E-state index in [4.69, 9.17) is 9.47 Å². The van der Waals surface area contributed by atoms with E-state index in [0.29, 0.717) is 12.3 Å². The highest BCUT2D eigenvalue weighted by molar-refractivity contribution is 5.39. The van der Waals surface area contributed by atoms with Gasteiger partial charge in [-0.3, -0.25) is 4.90 Å². The lowest BCUT2D eigenvalue weighted by atomic mass is 10.3. The van der Waals surface area contributed by atoms with Gasteiger partial charge >= 0.3 is 0 Å². The standard InChI is InChI=1S/C16H26N2O3/c1-13(2)21-16-6-4-3-5-15(16)20-12-14(19)11-18-9-7-17-8-10-18/h3-6,13-14,17,19H,7-12H2,1-2H3. The van der Waals surface area contributed by atoms with Crippen molar-refractivity contribution in [2.24, 2.45) is 0 Å². The Morgan fingerprint density at radius 3 is 2.52 bits per heavy atom. The van der Waals surface area contributed by atoms with Crippen LogP contribution in [0.3, 0.4) is 0 Å². The highest BCUT2D eigenvalue weighted by Gasteiger charge is 2.15. The molecule has 21 heavy (non-hydrogen) atoms. The number of aliphatic hydroxyl groups is 1. The van der Waals surface area contributed by atoms with Gasteiger partial charge in [-0.05, 0) is 26.0 Å². The molecular weight excluding hydrogens is 268 g/mol. The average Bonchev–Trinajstić information content (AvgIpc) is 2.47. The summed E-state index contributed by atoms with van der Waals surface area (Å²) in [5.74, 6) is 1.41. The lowest BCUT2D eigenvalue weighted by molar-refractivity contribution is 0.0624. The number of hydrogen-bond acceptors (Lipinski definition) is 5. The molecule has 1 heterocycles. The first kappa shape index (κ1) is 16.1. The first-order chi connectivity index (χ1) is 10.1. The van der Waals surface area contributed by atoms with E-state index in [1.807, 2.05) is 38.1 Å². The molecule has 0 spiro atoms. The van der Waals surface area contributed by atoms with Crippen molar-refractivity contribution in [3.05, 3.63) is 24.3 Å². The molecule has 0 amide bonds. The van der Waals surface area contributed by atoms with Gasteiger partial charge in [0.2, 0.25) is 0 Å². The topological polar surface area (TPSA) is 54.0 Å². The van der Waals surface area contributed by atoms with Crippen LogP contribution in [0.4, 0.5) is 0 Å². The Labute approximate surface area is 126 Å². The second kappa shape index (κ2) is 8.22. The van der Waals surface area contributed by atoms with Gasteiger partial charge in [-0.25, -0.2) is 0 Å². The number of aliphatic hydroxyl groups excluding tert-OH is 1. The minimum absolute atomic E-state index is 0.0977. The normalized spacial score (nSPS) is 17.7. The van der Waals surface area contributed by atoms with E-state index in [1.165, 1.54) is 0 Å². The van der Waals surface area contributed by atoms with Crippen LogP contribution in [0, 0.1) is 0 Å². The van der Waals surface area contributed by atoms with Crippen molar-refractivity contribution < 1.29 is 14.6 Å². The van der Waals surface area contributed by atoms with Crippen LogP contribution in [0.1, 0.15) is 13.8 Å². The maximum Gasteiger partial charge on any atom is 0.161 e. The van der Waals surface area contributed by atoms with Gasteiger partial charge in [-0.15, -0.1) is 0 Å². The molecule has 0 bridgehead atoms.